The van der Waals surface area contributed by atoms with Crippen LogP contribution in [0.25, 0.3) is 0 Å². The lowest BCUT2D eigenvalue weighted by atomic mass is 13.0. The Morgan fingerprint density at radius 1 is 2.00 bits per heavy atom. The molecule has 0 aliphatic rings. The molecule has 0 saturated heterocycles. The van der Waals surface area contributed by atoms with Crippen molar-refractivity contribution in [3.63, 3.8) is 0 Å². The maximum atomic E-state index is 7.61. The summed E-state index contributed by atoms with van der Waals surface area (Å²) in [5, 5.41) is 0. The molecule has 0 unspecified atom stereocenters. The normalized spacial score (nSPS) is 9.50. The molecule has 4 heavy (non-hydrogen) atoms. The molecule has 0 aromatic carbocycles. The molecule has 4 heteroatoms. The standard InChI is InChI=1S/H3N2OP/c1-2-4-3/h1H2,(H,2,3)/p+1. The fourth-order valence-electron chi connectivity index (χ4n) is 0. The Bertz CT molecular complexity index is 21.2. The van der Waals surface area contributed by atoms with Gasteiger partial charge in [-0.05, 0) is 0 Å². The summed E-state index contributed by atoms with van der Waals surface area (Å²) < 4.78 is 0. The van der Waals surface area contributed by atoms with E-state index in [1.165, 1.54) is 0 Å². The predicted molar refractivity (Wildman–Crippen MR) is 14.3 cm³/mol. The third-order valence-electron chi connectivity index (χ3n) is 0.0577. The van der Waals surface area contributed by atoms with E-state index in [1.54, 1.807) is 0 Å². The van der Waals surface area contributed by atoms with E-state index in [4.69, 9.17) is 4.89 Å². The average Bonchev–Trinajstić information content (AvgIpc) is 1.37. The molecule has 0 rings (SSSR count). The topological polar surface area (TPSA) is 60.2 Å². The van der Waals surface area contributed by atoms with E-state index in [0.29, 0.717) is 0 Å². The zero-order valence-electron chi connectivity index (χ0n) is 1.97. The van der Waals surface area contributed by atoms with Crippen LogP contribution in [0.5, 0.6) is 0 Å². The average molecular weight is 79.0 g/mol. The summed E-state index contributed by atoms with van der Waals surface area (Å²) in [7, 11) is 0.0262. The second-order valence-corrected chi connectivity index (χ2v) is 0.687. The third-order valence-corrected chi connectivity index (χ3v) is 0.173. The lowest BCUT2D eigenvalue weighted by Gasteiger charge is -1.42. The molecule has 3 nitrogen and oxygen atoms in total. The lowest BCUT2D eigenvalue weighted by Crippen LogP contribution is -2.70. The molecular formula is H4N2OP+. The highest BCUT2D eigenvalue weighted by atomic mass is 31.1. The zero-order valence-corrected chi connectivity index (χ0v) is 2.87. The first-order valence-electron chi connectivity index (χ1n) is 0.712. The molecule has 0 fully saturated rings. The number of hydrazine groups is 1. The van der Waals surface area contributed by atoms with E-state index in [9.17, 15) is 0 Å². The van der Waals surface area contributed by atoms with Crippen LogP contribution in [0.2, 0.25) is 0 Å². The highest BCUT2D eigenvalue weighted by molar-refractivity contribution is 7.15. The van der Waals surface area contributed by atoms with Crippen LogP contribution in [-0.2, 0) is 0 Å². The highest BCUT2D eigenvalue weighted by Gasteiger charge is 1.49. The highest BCUT2D eigenvalue weighted by Crippen LogP contribution is 1.56. The van der Waals surface area contributed by atoms with Gasteiger partial charge in [0.25, 0.3) is 0 Å². The van der Waals surface area contributed by atoms with E-state index in [-0.39, 0.29) is 8.60 Å². The lowest BCUT2D eigenvalue weighted by molar-refractivity contribution is -0.445. The van der Waals surface area contributed by atoms with Gasteiger partial charge in [0, 0.05) is 0 Å². The molecule has 0 spiro atoms. The van der Waals surface area contributed by atoms with E-state index in [2.05, 4.69) is 5.84 Å². The van der Waals surface area contributed by atoms with Crippen LogP contribution < -0.4 is 10.7 Å². The summed E-state index contributed by atoms with van der Waals surface area (Å²) in [6.07, 6.45) is 0. The summed E-state index contributed by atoms with van der Waals surface area (Å²) >= 11 is 0. The predicted octanol–water partition coefficient (Wildman–Crippen LogP) is -2.02. The van der Waals surface area contributed by atoms with Crippen molar-refractivity contribution in [2.24, 2.45) is 5.84 Å². The smallest absolute Gasteiger partial charge is 0.289 e. The van der Waals surface area contributed by atoms with Gasteiger partial charge in [0.1, 0.15) is 0 Å². The number of nitrogens with one attached hydrogen (secondary N) is 1. The minimum atomic E-state index is 0.0262. The Labute approximate surface area is 25.4 Å². The van der Waals surface area contributed by atoms with Gasteiger partial charge in [-0.1, -0.05) is 0 Å². The second kappa shape index (κ2) is 3.02. The molecule has 24 valence electrons. The van der Waals surface area contributed by atoms with Crippen LogP contribution in [0.3, 0.4) is 0 Å². The Morgan fingerprint density at radius 2 is 2.25 bits per heavy atom. The van der Waals surface area contributed by atoms with Crippen molar-refractivity contribution in [3.8, 4) is 0 Å². The number of rotatable bonds is 0. The van der Waals surface area contributed by atoms with Gasteiger partial charge in [-0.15, -0.1) is 10.7 Å². The van der Waals surface area contributed by atoms with Crippen LogP contribution >= 0.6 is 8.60 Å². The first-order valence-corrected chi connectivity index (χ1v) is 1.56. The van der Waals surface area contributed by atoms with Gasteiger partial charge >= 0.3 is 8.60 Å². The van der Waals surface area contributed by atoms with E-state index in [1.807, 2.05) is 4.85 Å². The summed E-state index contributed by atoms with van der Waals surface area (Å²) in [5.41, 5.74) is 0. The maximum Gasteiger partial charge on any atom is 0.413 e. The first-order chi connectivity index (χ1) is 1.91. The third kappa shape index (κ3) is 2.02. The van der Waals surface area contributed by atoms with Crippen LogP contribution in [0, 0.1) is 0 Å². The minimum Gasteiger partial charge on any atom is -0.289 e. The second-order valence-electron chi connectivity index (χ2n) is 0.229. The van der Waals surface area contributed by atoms with Gasteiger partial charge in [0.2, 0.25) is 0 Å². The Hall–Kier alpha value is 0.0200. The molecule has 0 radical (unpaired) electrons. The molecule has 0 aliphatic carbocycles. The van der Waals surface area contributed by atoms with Crippen molar-refractivity contribution in [1.29, 1.82) is 0 Å². The van der Waals surface area contributed by atoms with Crippen molar-refractivity contribution < 1.29 is 9.75 Å². The molecular weight excluding hydrogens is 75.0 g/mol. The molecule has 0 saturated carbocycles. The Kier molecular flexibility index (Phi) is 3.04. The number of hydrogen-bond donors (Lipinski definition) is 3. The van der Waals surface area contributed by atoms with Crippen molar-refractivity contribution >= 4 is 8.60 Å². The van der Waals surface area contributed by atoms with Crippen molar-refractivity contribution in [2.75, 3.05) is 0 Å². The van der Waals surface area contributed by atoms with Crippen molar-refractivity contribution in [3.05, 3.63) is 0 Å². The summed E-state index contributed by atoms with van der Waals surface area (Å²) in [6, 6.07) is 0. The van der Waals surface area contributed by atoms with Crippen LogP contribution in [0.4, 0.5) is 0 Å². The summed E-state index contributed by atoms with van der Waals surface area (Å²) in [6.45, 7) is 0. The molecule has 0 aromatic heterocycles. The molecule has 0 atom stereocenters. The van der Waals surface area contributed by atoms with Gasteiger partial charge in [-0.3, -0.25) is 4.89 Å². The van der Waals surface area contributed by atoms with Gasteiger partial charge in [0.15, 0.2) is 0 Å². The molecule has 0 aliphatic heterocycles. The summed E-state index contributed by atoms with van der Waals surface area (Å²) in [4.78, 5) is 9.57. The van der Waals surface area contributed by atoms with E-state index < -0.39 is 0 Å². The maximum absolute atomic E-state index is 7.61. The van der Waals surface area contributed by atoms with Gasteiger partial charge in [-0.25, -0.2) is 0 Å². The zero-order chi connectivity index (χ0) is 3.41. The Morgan fingerprint density at radius 3 is 2.25 bits per heavy atom. The fourth-order valence-corrected chi connectivity index (χ4v) is 0. The van der Waals surface area contributed by atoms with Crippen LogP contribution in [-0.4, -0.2) is 4.89 Å². The van der Waals surface area contributed by atoms with Gasteiger partial charge in [-0.2, -0.15) is 0 Å². The fraction of sp³-hybridized carbons (Fsp3) is 0. The molecule has 0 aromatic rings. The monoisotopic (exact) mass is 79.0 g/mol. The first kappa shape index (κ1) is 4.02. The molecule has 4 N–H and O–H groups in total. The van der Waals surface area contributed by atoms with Crippen LogP contribution in [0.15, 0.2) is 0 Å². The summed E-state index contributed by atoms with van der Waals surface area (Å²) in [5.74, 6) is 4.52. The Balaban J connectivity index is 2.55. The molecule has 0 amide bonds. The number of hydrogen-bond acceptors (Lipinski definition) is 0. The SMILES string of the molecule is N[NH+]=PO. The van der Waals surface area contributed by atoms with Crippen LogP contribution in [0.1, 0.15) is 0 Å². The van der Waals surface area contributed by atoms with E-state index in [0.717, 1.165) is 0 Å². The van der Waals surface area contributed by atoms with E-state index >= 15 is 0 Å². The van der Waals surface area contributed by atoms with Gasteiger partial charge < -0.3 is 0 Å². The molecule has 0 bridgehead atoms. The molecule has 0 heterocycles. The van der Waals surface area contributed by atoms with Crippen molar-refractivity contribution in [2.45, 2.75) is 0 Å². The number of nitrogens with two attached hydrogens (primary N) is 1. The quantitative estimate of drug-likeness (QED) is 0.178. The van der Waals surface area contributed by atoms with Crippen molar-refractivity contribution in [1.82, 2.24) is 0 Å². The minimum absolute atomic E-state index is 0.0262. The largest absolute Gasteiger partial charge is 0.413 e. The van der Waals surface area contributed by atoms with Gasteiger partial charge in [0.05, 0.1) is 0 Å².